The Morgan fingerprint density at radius 2 is 1.20 bits per heavy atom. The van der Waals surface area contributed by atoms with Gasteiger partial charge in [-0.1, -0.05) is 24.3 Å². The molecule has 0 aliphatic carbocycles. The first-order valence-electron chi connectivity index (χ1n) is 6.08. The quantitative estimate of drug-likeness (QED) is 0.897. The second kappa shape index (κ2) is 6.47. The smallest absolute Gasteiger partial charge is 0.323 e. The summed E-state index contributed by atoms with van der Waals surface area (Å²) in [6.45, 7) is 0. The summed E-state index contributed by atoms with van der Waals surface area (Å²) in [4.78, 5) is 12.0. The maximum absolute atomic E-state index is 12.0. The van der Waals surface area contributed by atoms with Gasteiger partial charge in [-0.3, -0.25) is 0 Å². The number of methoxy groups -OCH3 is 2. The van der Waals surface area contributed by atoms with Gasteiger partial charge < -0.3 is 20.1 Å². The molecule has 5 heteroatoms. The number of hydrogen-bond donors (Lipinski definition) is 2. The van der Waals surface area contributed by atoms with Crippen molar-refractivity contribution in [1.29, 1.82) is 0 Å². The molecule has 0 radical (unpaired) electrons. The van der Waals surface area contributed by atoms with E-state index >= 15 is 0 Å². The molecule has 0 atom stereocenters. The molecule has 2 N–H and O–H groups in total. The van der Waals surface area contributed by atoms with Crippen LogP contribution < -0.4 is 20.1 Å². The Morgan fingerprint density at radius 1 is 0.800 bits per heavy atom. The van der Waals surface area contributed by atoms with Crippen LogP contribution in [0.25, 0.3) is 0 Å². The predicted molar refractivity (Wildman–Crippen MR) is 78.6 cm³/mol. The van der Waals surface area contributed by atoms with Crippen molar-refractivity contribution in [2.45, 2.75) is 0 Å². The lowest BCUT2D eigenvalue weighted by molar-refractivity contribution is 0.262. The van der Waals surface area contributed by atoms with Crippen LogP contribution in [-0.4, -0.2) is 20.3 Å². The van der Waals surface area contributed by atoms with Crippen molar-refractivity contribution in [2.24, 2.45) is 0 Å². The molecule has 0 bridgehead atoms. The Morgan fingerprint density at radius 3 is 1.60 bits per heavy atom. The number of carbonyl (C=O) groups is 1. The summed E-state index contributed by atoms with van der Waals surface area (Å²) >= 11 is 0. The highest BCUT2D eigenvalue weighted by atomic mass is 16.5. The van der Waals surface area contributed by atoms with E-state index < -0.39 is 0 Å². The van der Waals surface area contributed by atoms with Gasteiger partial charge in [0.2, 0.25) is 0 Å². The number of anilines is 2. The number of carbonyl (C=O) groups excluding carboxylic acids is 1. The minimum atomic E-state index is -0.362. The van der Waals surface area contributed by atoms with Crippen LogP contribution in [0.4, 0.5) is 16.2 Å². The van der Waals surface area contributed by atoms with E-state index in [-0.39, 0.29) is 6.03 Å². The first-order chi connectivity index (χ1) is 9.74. The van der Waals surface area contributed by atoms with Crippen LogP contribution in [0.1, 0.15) is 0 Å². The fourth-order valence-electron chi connectivity index (χ4n) is 1.77. The largest absolute Gasteiger partial charge is 0.495 e. The molecule has 2 amide bonds. The second-order valence-electron chi connectivity index (χ2n) is 3.98. The molecule has 2 aromatic rings. The second-order valence-corrected chi connectivity index (χ2v) is 3.98. The standard InChI is InChI=1S/C15H16N2O3/c1-19-13-9-5-3-7-11(13)16-15(18)17-12-8-4-6-10-14(12)20-2/h3-10H,1-2H3,(H2,16,17,18). The molecule has 104 valence electrons. The number of para-hydroxylation sites is 4. The first-order valence-corrected chi connectivity index (χ1v) is 6.08. The zero-order chi connectivity index (χ0) is 14.4. The number of ether oxygens (including phenoxy) is 2. The van der Waals surface area contributed by atoms with Gasteiger partial charge in [0, 0.05) is 0 Å². The maximum Gasteiger partial charge on any atom is 0.323 e. The van der Waals surface area contributed by atoms with E-state index in [1.54, 1.807) is 38.5 Å². The zero-order valence-corrected chi connectivity index (χ0v) is 11.3. The zero-order valence-electron chi connectivity index (χ0n) is 11.3. The maximum atomic E-state index is 12.0. The molecule has 2 rings (SSSR count). The minimum Gasteiger partial charge on any atom is -0.495 e. The van der Waals surface area contributed by atoms with Gasteiger partial charge in [0.05, 0.1) is 25.6 Å². The van der Waals surface area contributed by atoms with E-state index in [0.717, 1.165) is 0 Å². The van der Waals surface area contributed by atoms with Crippen molar-refractivity contribution in [3.8, 4) is 11.5 Å². The van der Waals surface area contributed by atoms with Crippen LogP contribution in [0.2, 0.25) is 0 Å². The Balaban J connectivity index is 2.09. The van der Waals surface area contributed by atoms with Crippen molar-refractivity contribution in [2.75, 3.05) is 24.9 Å². The monoisotopic (exact) mass is 272 g/mol. The molecule has 0 unspecified atom stereocenters. The number of benzene rings is 2. The molecule has 0 aliphatic heterocycles. The van der Waals surface area contributed by atoms with Crippen LogP contribution in [0.3, 0.4) is 0 Å². The summed E-state index contributed by atoms with van der Waals surface area (Å²) in [6, 6.07) is 14.0. The molecule has 0 aliphatic rings. The molecular formula is C15H16N2O3. The van der Waals surface area contributed by atoms with E-state index in [2.05, 4.69) is 10.6 Å². The number of amides is 2. The molecule has 0 spiro atoms. The topological polar surface area (TPSA) is 59.6 Å². The summed E-state index contributed by atoms with van der Waals surface area (Å²) in [7, 11) is 3.11. The summed E-state index contributed by atoms with van der Waals surface area (Å²) in [5.74, 6) is 1.20. The summed E-state index contributed by atoms with van der Waals surface area (Å²) < 4.78 is 10.3. The van der Waals surface area contributed by atoms with Crippen molar-refractivity contribution in [1.82, 2.24) is 0 Å². The van der Waals surface area contributed by atoms with Crippen LogP contribution in [0.15, 0.2) is 48.5 Å². The highest BCUT2D eigenvalue weighted by Gasteiger charge is 2.09. The summed E-state index contributed by atoms with van der Waals surface area (Å²) in [5.41, 5.74) is 1.20. The summed E-state index contributed by atoms with van der Waals surface area (Å²) in [5, 5.41) is 5.46. The van der Waals surface area contributed by atoms with Crippen molar-refractivity contribution in [3.63, 3.8) is 0 Å². The van der Waals surface area contributed by atoms with Crippen molar-refractivity contribution >= 4 is 17.4 Å². The Labute approximate surface area is 117 Å². The number of rotatable bonds is 4. The Bertz CT molecular complexity index is 548. The van der Waals surface area contributed by atoms with Crippen LogP contribution in [0.5, 0.6) is 11.5 Å². The van der Waals surface area contributed by atoms with Gasteiger partial charge >= 0.3 is 6.03 Å². The van der Waals surface area contributed by atoms with E-state index in [1.807, 2.05) is 24.3 Å². The van der Waals surface area contributed by atoms with Crippen molar-refractivity contribution in [3.05, 3.63) is 48.5 Å². The van der Waals surface area contributed by atoms with Gasteiger partial charge in [-0.15, -0.1) is 0 Å². The molecule has 5 nitrogen and oxygen atoms in total. The van der Waals surface area contributed by atoms with Crippen LogP contribution in [0, 0.1) is 0 Å². The molecular weight excluding hydrogens is 256 g/mol. The third-order valence-electron chi connectivity index (χ3n) is 2.71. The van der Waals surface area contributed by atoms with Gasteiger partial charge in [0.1, 0.15) is 11.5 Å². The van der Waals surface area contributed by atoms with Gasteiger partial charge in [-0.05, 0) is 24.3 Å². The van der Waals surface area contributed by atoms with E-state index in [9.17, 15) is 4.79 Å². The average Bonchev–Trinajstić information content (AvgIpc) is 2.48. The highest BCUT2D eigenvalue weighted by Crippen LogP contribution is 2.25. The lowest BCUT2D eigenvalue weighted by atomic mass is 10.3. The third kappa shape index (κ3) is 3.20. The third-order valence-corrected chi connectivity index (χ3v) is 2.71. The van der Waals surface area contributed by atoms with Crippen LogP contribution >= 0.6 is 0 Å². The molecule has 0 saturated heterocycles. The van der Waals surface area contributed by atoms with E-state index in [4.69, 9.17) is 9.47 Å². The highest BCUT2D eigenvalue weighted by molar-refractivity contribution is 6.01. The lowest BCUT2D eigenvalue weighted by Gasteiger charge is -2.12. The van der Waals surface area contributed by atoms with Gasteiger partial charge in [-0.2, -0.15) is 0 Å². The van der Waals surface area contributed by atoms with Gasteiger partial charge in [0.25, 0.3) is 0 Å². The van der Waals surface area contributed by atoms with Crippen LogP contribution in [-0.2, 0) is 0 Å². The fourth-order valence-corrected chi connectivity index (χ4v) is 1.77. The first kappa shape index (κ1) is 13.7. The fraction of sp³-hybridized carbons (Fsp3) is 0.133. The average molecular weight is 272 g/mol. The summed E-state index contributed by atoms with van der Waals surface area (Å²) in [6.07, 6.45) is 0. The lowest BCUT2D eigenvalue weighted by Crippen LogP contribution is -2.20. The Kier molecular flexibility index (Phi) is 4.44. The molecule has 0 aromatic heterocycles. The number of urea groups is 1. The minimum absolute atomic E-state index is 0.362. The number of hydrogen-bond acceptors (Lipinski definition) is 3. The van der Waals surface area contributed by atoms with Gasteiger partial charge in [0.15, 0.2) is 0 Å². The number of nitrogens with one attached hydrogen (secondary N) is 2. The molecule has 20 heavy (non-hydrogen) atoms. The van der Waals surface area contributed by atoms with E-state index in [0.29, 0.717) is 22.9 Å². The SMILES string of the molecule is COc1ccccc1NC(=O)Nc1ccccc1OC. The molecule has 0 fully saturated rings. The molecule has 2 aromatic carbocycles. The molecule has 0 saturated carbocycles. The van der Waals surface area contributed by atoms with E-state index in [1.165, 1.54) is 0 Å². The van der Waals surface area contributed by atoms with Gasteiger partial charge in [-0.25, -0.2) is 4.79 Å². The Hall–Kier alpha value is -2.69. The molecule has 0 heterocycles. The normalized spacial score (nSPS) is 9.70. The van der Waals surface area contributed by atoms with Crippen molar-refractivity contribution < 1.29 is 14.3 Å². The predicted octanol–water partition coefficient (Wildman–Crippen LogP) is 3.35.